The summed E-state index contributed by atoms with van der Waals surface area (Å²) in [5.41, 5.74) is 15.4. The van der Waals surface area contributed by atoms with Gasteiger partial charge in [-0.15, -0.1) is 0 Å². The standard InChI is InChI=1S/C55H38/c1-55(2)50-24-14-13-21-44(50)47-31-27-39-33-38(26-30-43(39)54(47)55)41-29-28-40(34-49(41)35-15-5-3-6-16-35)52-46-23-12-11-22-45(46)51(37-18-7-4-8-19-37)48-32-25-36-17-9-10-20-42(36)53(48)52/h3-34H,1-2H3. The third-order valence-corrected chi connectivity index (χ3v) is 12.2. The topological polar surface area (TPSA) is 0 Å². The first-order valence-electron chi connectivity index (χ1n) is 19.4. The van der Waals surface area contributed by atoms with E-state index in [0.717, 1.165) is 0 Å². The summed E-state index contributed by atoms with van der Waals surface area (Å²) in [7, 11) is 0. The molecule has 11 rings (SSSR count). The molecule has 10 aromatic rings. The van der Waals surface area contributed by atoms with Crippen LogP contribution in [0.5, 0.6) is 0 Å². The molecule has 1 aliphatic rings. The number of benzene rings is 10. The van der Waals surface area contributed by atoms with Crippen molar-refractivity contribution in [1.82, 2.24) is 0 Å². The van der Waals surface area contributed by atoms with Gasteiger partial charge in [-0.1, -0.05) is 196 Å². The van der Waals surface area contributed by atoms with Gasteiger partial charge in [0.15, 0.2) is 0 Å². The molecule has 10 aromatic carbocycles. The summed E-state index contributed by atoms with van der Waals surface area (Å²) in [6.07, 6.45) is 0. The lowest BCUT2D eigenvalue weighted by Gasteiger charge is -2.23. The SMILES string of the molecule is CC1(C)c2ccccc2-c2ccc3cc(-c4ccc(-c5c6ccccc6c(-c6ccccc6)c6ccc7ccccc7c56)cc4-c4ccccc4)ccc3c21. The van der Waals surface area contributed by atoms with E-state index in [2.05, 4.69) is 208 Å². The Bertz CT molecular complexity index is 3150. The van der Waals surface area contributed by atoms with Crippen LogP contribution in [0.25, 0.3) is 98.7 Å². The van der Waals surface area contributed by atoms with Gasteiger partial charge in [0, 0.05) is 5.41 Å². The smallest absolute Gasteiger partial charge is 0.0165 e. The van der Waals surface area contributed by atoms with Crippen LogP contribution in [0.2, 0.25) is 0 Å². The van der Waals surface area contributed by atoms with E-state index in [0.29, 0.717) is 0 Å². The number of hydrogen-bond donors (Lipinski definition) is 0. The zero-order valence-corrected chi connectivity index (χ0v) is 31.0. The Kier molecular flexibility index (Phi) is 7.00. The maximum absolute atomic E-state index is 2.45. The van der Waals surface area contributed by atoms with Crippen molar-refractivity contribution in [3.8, 4) is 55.6 Å². The minimum atomic E-state index is -0.0599. The van der Waals surface area contributed by atoms with Gasteiger partial charge in [0.25, 0.3) is 0 Å². The molecule has 0 heterocycles. The van der Waals surface area contributed by atoms with Gasteiger partial charge < -0.3 is 0 Å². The van der Waals surface area contributed by atoms with Crippen molar-refractivity contribution in [2.45, 2.75) is 19.3 Å². The van der Waals surface area contributed by atoms with Gasteiger partial charge in [-0.3, -0.25) is 0 Å². The van der Waals surface area contributed by atoms with Crippen molar-refractivity contribution in [1.29, 1.82) is 0 Å². The summed E-state index contributed by atoms with van der Waals surface area (Å²) in [4.78, 5) is 0. The highest BCUT2D eigenvalue weighted by Crippen LogP contribution is 2.52. The second-order valence-electron chi connectivity index (χ2n) is 15.6. The summed E-state index contributed by atoms with van der Waals surface area (Å²) in [5, 5.41) is 10.2. The van der Waals surface area contributed by atoms with Gasteiger partial charge in [0.05, 0.1) is 0 Å². The predicted octanol–water partition coefficient (Wildman–Crippen LogP) is 15.3. The molecule has 0 heteroatoms. The molecule has 0 bridgehead atoms. The predicted molar refractivity (Wildman–Crippen MR) is 236 cm³/mol. The zero-order chi connectivity index (χ0) is 36.7. The van der Waals surface area contributed by atoms with E-state index in [1.54, 1.807) is 0 Å². The van der Waals surface area contributed by atoms with Gasteiger partial charge in [-0.2, -0.15) is 0 Å². The highest BCUT2D eigenvalue weighted by Gasteiger charge is 2.36. The lowest BCUT2D eigenvalue weighted by Crippen LogP contribution is -2.15. The largest absolute Gasteiger partial charge is 0.0622 e. The first kappa shape index (κ1) is 31.7. The van der Waals surface area contributed by atoms with E-state index >= 15 is 0 Å². The van der Waals surface area contributed by atoms with Crippen molar-refractivity contribution >= 4 is 43.1 Å². The molecule has 1 aliphatic carbocycles. The summed E-state index contributed by atoms with van der Waals surface area (Å²) in [6, 6.07) is 72.2. The molecule has 0 nitrogen and oxygen atoms in total. The fraction of sp³-hybridized carbons (Fsp3) is 0.0545. The van der Waals surface area contributed by atoms with E-state index in [4.69, 9.17) is 0 Å². The number of hydrogen-bond acceptors (Lipinski definition) is 0. The Hall–Kier alpha value is -6.76. The molecule has 0 aliphatic heterocycles. The molecule has 0 spiro atoms. The van der Waals surface area contributed by atoms with E-state index < -0.39 is 0 Å². The average Bonchev–Trinajstić information content (AvgIpc) is 3.49. The van der Waals surface area contributed by atoms with Gasteiger partial charge in [0.1, 0.15) is 0 Å². The number of fused-ring (bicyclic) bond motifs is 9. The van der Waals surface area contributed by atoms with Crippen molar-refractivity contribution in [2.24, 2.45) is 0 Å². The molecule has 258 valence electrons. The Balaban J connectivity index is 1.17. The van der Waals surface area contributed by atoms with E-state index in [-0.39, 0.29) is 5.41 Å². The zero-order valence-electron chi connectivity index (χ0n) is 31.0. The van der Waals surface area contributed by atoms with Crippen LogP contribution in [0.1, 0.15) is 25.0 Å². The maximum atomic E-state index is 2.45. The minimum absolute atomic E-state index is 0.0599. The van der Waals surface area contributed by atoms with Crippen LogP contribution in [-0.2, 0) is 5.41 Å². The van der Waals surface area contributed by atoms with Crippen molar-refractivity contribution in [3.63, 3.8) is 0 Å². The highest BCUT2D eigenvalue weighted by atomic mass is 14.4. The molecular weight excluding hydrogens is 661 g/mol. The average molecular weight is 699 g/mol. The molecule has 0 aromatic heterocycles. The van der Waals surface area contributed by atoms with Crippen molar-refractivity contribution < 1.29 is 0 Å². The summed E-state index contributed by atoms with van der Waals surface area (Å²) in [5.74, 6) is 0. The second kappa shape index (κ2) is 12.1. The number of rotatable bonds is 4. The second-order valence-corrected chi connectivity index (χ2v) is 15.6. The molecule has 0 radical (unpaired) electrons. The van der Waals surface area contributed by atoms with Crippen molar-refractivity contribution in [3.05, 3.63) is 205 Å². The first-order chi connectivity index (χ1) is 27.1. The molecule has 0 atom stereocenters. The molecule has 0 amide bonds. The quantitative estimate of drug-likeness (QED) is 0.127. The third-order valence-electron chi connectivity index (χ3n) is 12.2. The van der Waals surface area contributed by atoms with Crippen LogP contribution in [0.3, 0.4) is 0 Å². The highest BCUT2D eigenvalue weighted by molar-refractivity contribution is 6.28. The Morgan fingerprint density at radius 3 is 1.71 bits per heavy atom. The third kappa shape index (κ3) is 4.78. The van der Waals surface area contributed by atoms with Crippen LogP contribution in [0.4, 0.5) is 0 Å². The lowest BCUT2D eigenvalue weighted by molar-refractivity contribution is 0.666. The molecule has 0 unspecified atom stereocenters. The monoisotopic (exact) mass is 698 g/mol. The van der Waals surface area contributed by atoms with Crippen LogP contribution >= 0.6 is 0 Å². The fourth-order valence-electron chi connectivity index (χ4n) is 9.76. The normalized spacial score (nSPS) is 13.1. The van der Waals surface area contributed by atoms with Gasteiger partial charge in [-0.05, 0) is 122 Å². The molecule has 0 N–H and O–H groups in total. The van der Waals surface area contributed by atoms with Gasteiger partial charge >= 0.3 is 0 Å². The van der Waals surface area contributed by atoms with Crippen LogP contribution in [0.15, 0.2) is 194 Å². The molecule has 55 heavy (non-hydrogen) atoms. The van der Waals surface area contributed by atoms with Crippen LogP contribution in [0, 0.1) is 0 Å². The van der Waals surface area contributed by atoms with E-state index in [9.17, 15) is 0 Å². The summed E-state index contributed by atoms with van der Waals surface area (Å²) >= 11 is 0. The lowest BCUT2D eigenvalue weighted by atomic mass is 9.79. The van der Waals surface area contributed by atoms with E-state index in [1.807, 2.05) is 0 Å². The molecule has 0 saturated carbocycles. The first-order valence-corrected chi connectivity index (χ1v) is 19.4. The Morgan fingerprint density at radius 2 is 0.909 bits per heavy atom. The molecular formula is C55H38. The van der Waals surface area contributed by atoms with Gasteiger partial charge in [-0.25, -0.2) is 0 Å². The Labute approximate surface area is 322 Å². The minimum Gasteiger partial charge on any atom is -0.0622 e. The summed E-state index contributed by atoms with van der Waals surface area (Å²) < 4.78 is 0. The van der Waals surface area contributed by atoms with Gasteiger partial charge in [0.2, 0.25) is 0 Å². The fourth-order valence-corrected chi connectivity index (χ4v) is 9.76. The maximum Gasteiger partial charge on any atom is 0.0165 e. The van der Waals surface area contributed by atoms with Crippen LogP contribution in [-0.4, -0.2) is 0 Å². The van der Waals surface area contributed by atoms with Crippen molar-refractivity contribution in [2.75, 3.05) is 0 Å². The summed E-state index contributed by atoms with van der Waals surface area (Å²) in [6.45, 7) is 4.75. The van der Waals surface area contributed by atoms with Crippen LogP contribution < -0.4 is 0 Å². The molecule has 0 fully saturated rings. The van der Waals surface area contributed by atoms with E-state index in [1.165, 1.54) is 110 Å². The Morgan fingerprint density at radius 1 is 0.309 bits per heavy atom. The molecule has 0 saturated heterocycles.